The molecule has 8 heteroatoms. The number of nitrogens with one attached hydrogen (secondary N) is 1. The number of nitrogens with zero attached hydrogens (tertiary/aromatic N) is 2. The van der Waals surface area contributed by atoms with Crippen LogP contribution in [0, 0.1) is 6.92 Å². The fourth-order valence-electron chi connectivity index (χ4n) is 1.03. The smallest absolute Gasteiger partial charge is 0.433 e. The van der Waals surface area contributed by atoms with E-state index < -0.39 is 23.9 Å². The lowest BCUT2D eigenvalue weighted by molar-refractivity contribution is -0.141. The number of anilines is 1. The van der Waals surface area contributed by atoms with Crippen molar-refractivity contribution in [2.24, 2.45) is 0 Å². The van der Waals surface area contributed by atoms with Crippen molar-refractivity contribution in [1.29, 1.82) is 0 Å². The van der Waals surface area contributed by atoms with Crippen molar-refractivity contribution >= 4 is 11.9 Å². The Bertz CT molecular complexity index is 434. The number of carboxylic acids is 1. The Balaban J connectivity index is 3.02. The zero-order valence-electron chi connectivity index (χ0n) is 9.04. The quantitative estimate of drug-likeness (QED) is 0.852. The van der Waals surface area contributed by atoms with Crippen LogP contribution in [0.1, 0.15) is 18.3 Å². The van der Waals surface area contributed by atoms with E-state index in [1.807, 2.05) is 0 Å². The minimum atomic E-state index is -4.59. The molecule has 1 aromatic heterocycles. The van der Waals surface area contributed by atoms with Crippen LogP contribution in [0.2, 0.25) is 0 Å². The predicted molar refractivity (Wildman–Crippen MR) is 52.5 cm³/mol. The lowest BCUT2D eigenvalue weighted by Crippen LogP contribution is -2.27. The molecule has 0 unspecified atom stereocenters. The van der Waals surface area contributed by atoms with Crippen molar-refractivity contribution < 1.29 is 23.1 Å². The predicted octanol–water partition coefficient (Wildman–Crippen LogP) is 1.69. The Morgan fingerprint density at radius 1 is 1.47 bits per heavy atom. The molecular formula is C9H10F3N3O2. The number of rotatable bonds is 3. The number of aliphatic carboxylic acids is 1. The van der Waals surface area contributed by atoms with Crippen molar-refractivity contribution in [2.45, 2.75) is 26.1 Å². The number of halogens is 3. The van der Waals surface area contributed by atoms with E-state index in [4.69, 9.17) is 5.11 Å². The summed E-state index contributed by atoms with van der Waals surface area (Å²) in [5.74, 6) is -1.56. The largest absolute Gasteiger partial charge is 0.480 e. The Morgan fingerprint density at radius 3 is 2.53 bits per heavy atom. The summed E-state index contributed by atoms with van der Waals surface area (Å²) in [4.78, 5) is 17.4. The van der Waals surface area contributed by atoms with Crippen LogP contribution in [-0.2, 0) is 11.0 Å². The zero-order chi connectivity index (χ0) is 13.2. The average Bonchev–Trinajstić information content (AvgIpc) is 2.15. The molecule has 0 amide bonds. The van der Waals surface area contributed by atoms with E-state index in [0.717, 1.165) is 6.07 Å². The number of carbonyl (C=O) groups is 1. The SMILES string of the molecule is Cc1cc(C(F)(F)F)nc(N[C@@H](C)C(=O)O)n1. The topological polar surface area (TPSA) is 75.1 Å². The summed E-state index contributed by atoms with van der Waals surface area (Å²) < 4.78 is 37.2. The molecule has 0 aliphatic heterocycles. The molecule has 0 bridgehead atoms. The fraction of sp³-hybridized carbons (Fsp3) is 0.444. The normalized spacial score (nSPS) is 13.2. The number of aryl methyl sites for hydroxylation is 1. The molecule has 1 atom stereocenters. The van der Waals surface area contributed by atoms with Crippen LogP contribution in [0.25, 0.3) is 0 Å². The molecule has 0 aliphatic rings. The molecule has 0 fully saturated rings. The van der Waals surface area contributed by atoms with Gasteiger partial charge in [-0.1, -0.05) is 0 Å². The first-order chi connectivity index (χ1) is 7.70. The van der Waals surface area contributed by atoms with E-state index >= 15 is 0 Å². The highest BCUT2D eigenvalue weighted by Crippen LogP contribution is 2.28. The molecule has 1 heterocycles. The van der Waals surface area contributed by atoms with E-state index in [2.05, 4.69) is 15.3 Å². The third kappa shape index (κ3) is 3.58. The van der Waals surface area contributed by atoms with E-state index in [-0.39, 0.29) is 11.6 Å². The van der Waals surface area contributed by atoms with Gasteiger partial charge in [-0.05, 0) is 19.9 Å². The highest BCUT2D eigenvalue weighted by atomic mass is 19.4. The third-order valence-electron chi connectivity index (χ3n) is 1.86. The second-order valence-corrected chi connectivity index (χ2v) is 3.42. The summed E-state index contributed by atoms with van der Waals surface area (Å²) >= 11 is 0. The summed E-state index contributed by atoms with van der Waals surface area (Å²) in [6.45, 7) is 2.65. The Kier molecular flexibility index (Phi) is 3.54. The second-order valence-electron chi connectivity index (χ2n) is 3.42. The van der Waals surface area contributed by atoms with Crippen molar-refractivity contribution in [3.8, 4) is 0 Å². The molecule has 0 saturated carbocycles. The standard InChI is InChI=1S/C9H10F3N3O2/c1-4-3-6(9(10,11)12)15-8(13-4)14-5(2)7(16)17/h3,5H,1-2H3,(H,16,17)(H,13,14,15)/t5-/m0/s1. The van der Waals surface area contributed by atoms with Crippen LogP contribution >= 0.6 is 0 Å². The summed E-state index contributed by atoms with van der Waals surface area (Å²) in [6, 6.07) is -0.283. The third-order valence-corrected chi connectivity index (χ3v) is 1.86. The van der Waals surface area contributed by atoms with Gasteiger partial charge in [-0.25, -0.2) is 9.97 Å². The van der Waals surface area contributed by atoms with Crippen LogP contribution in [0.15, 0.2) is 6.07 Å². The van der Waals surface area contributed by atoms with Gasteiger partial charge in [0.2, 0.25) is 5.95 Å². The number of aromatic nitrogens is 2. The Labute approximate surface area is 94.7 Å². The Morgan fingerprint density at radius 2 is 2.06 bits per heavy atom. The number of hydrogen-bond donors (Lipinski definition) is 2. The fourth-order valence-corrected chi connectivity index (χ4v) is 1.03. The van der Waals surface area contributed by atoms with Gasteiger partial charge < -0.3 is 10.4 Å². The molecule has 1 aromatic rings. The highest BCUT2D eigenvalue weighted by Gasteiger charge is 2.33. The monoisotopic (exact) mass is 249 g/mol. The molecule has 0 radical (unpaired) electrons. The maximum atomic E-state index is 12.4. The molecule has 5 nitrogen and oxygen atoms in total. The van der Waals surface area contributed by atoms with Gasteiger partial charge in [-0.2, -0.15) is 13.2 Å². The van der Waals surface area contributed by atoms with E-state index in [1.54, 1.807) is 0 Å². The van der Waals surface area contributed by atoms with Crippen LogP contribution < -0.4 is 5.32 Å². The van der Waals surface area contributed by atoms with Gasteiger partial charge in [-0.3, -0.25) is 4.79 Å². The second kappa shape index (κ2) is 4.56. The van der Waals surface area contributed by atoms with Crippen LogP contribution in [-0.4, -0.2) is 27.1 Å². The minimum Gasteiger partial charge on any atom is -0.480 e. The molecule has 17 heavy (non-hydrogen) atoms. The molecule has 94 valence electrons. The number of alkyl halides is 3. The minimum absolute atomic E-state index is 0.104. The van der Waals surface area contributed by atoms with Crippen molar-refractivity contribution in [2.75, 3.05) is 5.32 Å². The molecule has 0 saturated heterocycles. The first kappa shape index (κ1) is 13.2. The number of hydrogen-bond acceptors (Lipinski definition) is 4. The van der Waals surface area contributed by atoms with Crippen LogP contribution in [0.4, 0.5) is 19.1 Å². The van der Waals surface area contributed by atoms with Crippen molar-refractivity contribution in [3.05, 3.63) is 17.5 Å². The summed E-state index contributed by atoms with van der Waals surface area (Å²) in [7, 11) is 0. The van der Waals surface area contributed by atoms with Gasteiger partial charge in [-0.15, -0.1) is 0 Å². The van der Waals surface area contributed by atoms with Crippen LogP contribution in [0.5, 0.6) is 0 Å². The molecule has 0 aliphatic carbocycles. The summed E-state index contributed by atoms with van der Waals surface area (Å²) in [5, 5.41) is 10.9. The molecule has 0 aromatic carbocycles. The summed E-state index contributed by atoms with van der Waals surface area (Å²) in [6.07, 6.45) is -4.59. The average molecular weight is 249 g/mol. The summed E-state index contributed by atoms with van der Waals surface area (Å²) in [5.41, 5.74) is -1.00. The first-order valence-electron chi connectivity index (χ1n) is 4.62. The number of carboxylic acid groups (broad SMARTS) is 1. The van der Waals surface area contributed by atoms with Crippen molar-refractivity contribution in [3.63, 3.8) is 0 Å². The zero-order valence-corrected chi connectivity index (χ0v) is 9.04. The highest BCUT2D eigenvalue weighted by molar-refractivity contribution is 5.75. The molecule has 1 rings (SSSR count). The first-order valence-corrected chi connectivity index (χ1v) is 4.62. The molecule has 2 N–H and O–H groups in total. The Hall–Kier alpha value is -1.86. The lowest BCUT2D eigenvalue weighted by atomic mass is 10.3. The van der Waals surface area contributed by atoms with Gasteiger partial charge in [0, 0.05) is 5.69 Å². The van der Waals surface area contributed by atoms with Gasteiger partial charge in [0.25, 0.3) is 0 Å². The lowest BCUT2D eigenvalue weighted by Gasteiger charge is -2.12. The maximum Gasteiger partial charge on any atom is 0.433 e. The maximum absolute atomic E-state index is 12.4. The molecular weight excluding hydrogens is 239 g/mol. The van der Waals surface area contributed by atoms with Gasteiger partial charge in [0.15, 0.2) is 0 Å². The van der Waals surface area contributed by atoms with E-state index in [1.165, 1.54) is 13.8 Å². The van der Waals surface area contributed by atoms with E-state index in [0.29, 0.717) is 0 Å². The van der Waals surface area contributed by atoms with Gasteiger partial charge >= 0.3 is 12.1 Å². The molecule has 0 spiro atoms. The van der Waals surface area contributed by atoms with E-state index in [9.17, 15) is 18.0 Å². The van der Waals surface area contributed by atoms with Gasteiger partial charge in [0.05, 0.1) is 0 Å². The van der Waals surface area contributed by atoms with Gasteiger partial charge in [0.1, 0.15) is 11.7 Å². The van der Waals surface area contributed by atoms with Crippen molar-refractivity contribution in [1.82, 2.24) is 9.97 Å². The van der Waals surface area contributed by atoms with Crippen LogP contribution in [0.3, 0.4) is 0 Å².